The molecule has 0 saturated heterocycles. The van der Waals surface area contributed by atoms with Gasteiger partial charge < -0.3 is 9.14 Å². The van der Waals surface area contributed by atoms with E-state index in [4.69, 9.17) is 4.74 Å². The van der Waals surface area contributed by atoms with Crippen molar-refractivity contribution >= 4 is 33.4 Å². The minimum Gasteiger partial charge on any atom is -0.424 e. The van der Waals surface area contributed by atoms with Crippen molar-refractivity contribution in [2.75, 3.05) is 0 Å². The predicted molar refractivity (Wildman–Crippen MR) is 86.3 cm³/mol. The van der Waals surface area contributed by atoms with Crippen LogP contribution in [0, 0.1) is 6.92 Å². The molecule has 108 valence electrons. The second-order valence-corrected chi connectivity index (χ2v) is 5.31. The van der Waals surface area contributed by atoms with Gasteiger partial charge in [0.15, 0.2) is 5.75 Å². The summed E-state index contributed by atoms with van der Waals surface area (Å²) in [4.78, 5) is 16.2. The summed E-state index contributed by atoms with van der Waals surface area (Å²) in [6.07, 6.45) is 0. The Hall–Kier alpha value is -2.88. The molecule has 0 spiro atoms. The lowest BCUT2D eigenvalue weighted by Crippen LogP contribution is -2.02. The fourth-order valence-electron chi connectivity index (χ4n) is 3.01. The number of carbonyl (C=O) groups excluding carboxylic acids is 1. The average Bonchev–Trinajstić information content (AvgIpc) is 2.83. The van der Waals surface area contributed by atoms with Gasteiger partial charge in [0.25, 0.3) is 0 Å². The lowest BCUT2D eigenvalue weighted by atomic mass is 10.2. The summed E-state index contributed by atoms with van der Waals surface area (Å²) in [6.45, 7) is 3.36. The summed E-state index contributed by atoms with van der Waals surface area (Å²) < 4.78 is 7.63. The van der Waals surface area contributed by atoms with Gasteiger partial charge in [-0.2, -0.15) is 0 Å². The summed E-state index contributed by atoms with van der Waals surface area (Å²) in [7, 11) is 0. The molecule has 0 aliphatic carbocycles. The van der Waals surface area contributed by atoms with E-state index in [1.165, 1.54) is 6.92 Å². The Balaban J connectivity index is 2.31. The summed E-state index contributed by atoms with van der Waals surface area (Å²) in [5, 5.41) is 0.916. The third-order valence-corrected chi connectivity index (χ3v) is 3.83. The second-order valence-electron chi connectivity index (χ2n) is 5.31. The number of nitrogens with zero attached hydrogens (tertiary/aromatic N) is 2. The smallest absolute Gasteiger partial charge is 0.308 e. The van der Waals surface area contributed by atoms with E-state index in [-0.39, 0.29) is 5.97 Å². The van der Waals surface area contributed by atoms with Gasteiger partial charge in [0, 0.05) is 12.3 Å². The number of carbonyl (C=O) groups is 1. The normalized spacial score (nSPS) is 11.4. The molecular formula is C18H14N2O2. The average molecular weight is 290 g/mol. The van der Waals surface area contributed by atoms with Crippen molar-refractivity contribution in [1.29, 1.82) is 0 Å². The van der Waals surface area contributed by atoms with Gasteiger partial charge in [0.05, 0.1) is 22.2 Å². The first kappa shape index (κ1) is 12.8. The third kappa shape index (κ3) is 1.70. The highest BCUT2D eigenvalue weighted by Gasteiger charge is 2.18. The molecular weight excluding hydrogens is 276 g/mol. The van der Waals surface area contributed by atoms with Crippen LogP contribution in [-0.4, -0.2) is 15.4 Å². The Labute approximate surface area is 127 Å². The van der Waals surface area contributed by atoms with Gasteiger partial charge in [-0.25, -0.2) is 4.98 Å². The van der Waals surface area contributed by atoms with Crippen molar-refractivity contribution in [2.45, 2.75) is 13.8 Å². The summed E-state index contributed by atoms with van der Waals surface area (Å²) >= 11 is 0. The van der Waals surface area contributed by atoms with Crippen molar-refractivity contribution in [3.8, 4) is 5.75 Å². The van der Waals surface area contributed by atoms with E-state index in [9.17, 15) is 4.79 Å². The Morgan fingerprint density at radius 2 is 1.73 bits per heavy atom. The van der Waals surface area contributed by atoms with Crippen molar-refractivity contribution in [3.05, 3.63) is 54.2 Å². The van der Waals surface area contributed by atoms with Crippen molar-refractivity contribution in [1.82, 2.24) is 9.38 Å². The summed E-state index contributed by atoms with van der Waals surface area (Å²) in [6, 6.07) is 15.9. The molecule has 4 nitrogen and oxygen atoms in total. The maximum Gasteiger partial charge on any atom is 0.308 e. The Morgan fingerprint density at radius 3 is 2.50 bits per heavy atom. The molecule has 2 aromatic heterocycles. The van der Waals surface area contributed by atoms with Crippen molar-refractivity contribution < 1.29 is 9.53 Å². The number of fused-ring (bicyclic) bond motifs is 5. The summed E-state index contributed by atoms with van der Waals surface area (Å²) in [5.41, 5.74) is 4.61. The van der Waals surface area contributed by atoms with Crippen LogP contribution in [-0.2, 0) is 4.79 Å². The van der Waals surface area contributed by atoms with Crippen LogP contribution in [0.1, 0.15) is 12.6 Å². The molecule has 0 fully saturated rings. The molecule has 4 heteroatoms. The van der Waals surface area contributed by atoms with Crippen LogP contribution in [0.5, 0.6) is 5.75 Å². The zero-order valence-electron chi connectivity index (χ0n) is 12.3. The van der Waals surface area contributed by atoms with Gasteiger partial charge in [0.1, 0.15) is 5.52 Å². The number of hydrogen-bond donors (Lipinski definition) is 0. The van der Waals surface area contributed by atoms with Crippen LogP contribution in [0.3, 0.4) is 0 Å². The number of hydrogen-bond acceptors (Lipinski definition) is 3. The lowest BCUT2D eigenvalue weighted by molar-refractivity contribution is -0.131. The van der Waals surface area contributed by atoms with E-state index in [1.807, 2.05) is 55.5 Å². The number of para-hydroxylation sites is 3. The molecule has 2 heterocycles. The Kier molecular flexibility index (Phi) is 2.66. The first-order valence-electron chi connectivity index (χ1n) is 7.14. The van der Waals surface area contributed by atoms with E-state index >= 15 is 0 Å². The standard InChI is InChI=1S/C18H14N2O2/c1-11-17-18(22-12(2)21)13-7-3-5-9-15(13)20(17)16-10-6-4-8-14(16)19-11/h3-10H,1-2H3. The first-order valence-corrected chi connectivity index (χ1v) is 7.14. The van der Waals surface area contributed by atoms with E-state index in [0.717, 1.165) is 33.1 Å². The monoisotopic (exact) mass is 290 g/mol. The van der Waals surface area contributed by atoms with E-state index in [1.54, 1.807) is 0 Å². The van der Waals surface area contributed by atoms with Crippen molar-refractivity contribution in [2.24, 2.45) is 0 Å². The zero-order chi connectivity index (χ0) is 15.3. The topological polar surface area (TPSA) is 43.6 Å². The van der Waals surface area contributed by atoms with Gasteiger partial charge in [-0.1, -0.05) is 24.3 Å². The molecule has 0 atom stereocenters. The number of aryl methyl sites for hydroxylation is 1. The van der Waals surface area contributed by atoms with Gasteiger partial charge in [-0.05, 0) is 31.2 Å². The minimum absolute atomic E-state index is 0.328. The van der Waals surface area contributed by atoms with E-state index in [2.05, 4.69) is 9.38 Å². The van der Waals surface area contributed by atoms with Crippen LogP contribution >= 0.6 is 0 Å². The number of rotatable bonds is 1. The SMILES string of the molecule is CC(=O)Oc1c2ccccc2n2c1c(C)nc1ccccc12. The van der Waals surface area contributed by atoms with Crippen LogP contribution in [0.25, 0.3) is 27.5 Å². The molecule has 0 bridgehead atoms. The van der Waals surface area contributed by atoms with Crippen LogP contribution in [0.4, 0.5) is 0 Å². The molecule has 0 radical (unpaired) electrons. The highest BCUT2D eigenvalue weighted by atomic mass is 16.5. The minimum atomic E-state index is -0.328. The quantitative estimate of drug-likeness (QED) is 0.500. The molecule has 0 amide bonds. The van der Waals surface area contributed by atoms with E-state index < -0.39 is 0 Å². The molecule has 2 aromatic carbocycles. The Bertz CT molecular complexity index is 1050. The van der Waals surface area contributed by atoms with Gasteiger partial charge in [-0.15, -0.1) is 0 Å². The van der Waals surface area contributed by atoms with Gasteiger partial charge in [0.2, 0.25) is 0 Å². The number of aromatic nitrogens is 2. The molecule has 4 rings (SSSR count). The summed E-state index contributed by atoms with van der Waals surface area (Å²) in [5.74, 6) is 0.254. The third-order valence-electron chi connectivity index (χ3n) is 3.83. The lowest BCUT2D eigenvalue weighted by Gasteiger charge is -2.07. The maximum atomic E-state index is 11.5. The largest absolute Gasteiger partial charge is 0.424 e. The molecule has 0 unspecified atom stereocenters. The van der Waals surface area contributed by atoms with Crippen molar-refractivity contribution in [3.63, 3.8) is 0 Å². The van der Waals surface area contributed by atoms with Crippen LogP contribution in [0.15, 0.2) is 48.5 Å². The fourth-order valence-corrected chi connectivity index (χ4v) is 3.01. The first-order chi connectivity index (χ1) is 10.7. The van der Waals surface area contributed by atoms with Gasteiger partial charge in [-0.3, -0.25) is 4.79 Å². The van der Waals surface area contributed by atoms with Gasteiger partial charge >= 0.3 is 5.97 Å². The molecule has 0 N–H and O–H groups in total. The molecule has 4 aromatic rings. The van der Waals surface area contributed by atoms with E-state index in [0.29, 0.717) is 5.75 Å². The number of benzene rings is 2. The maximum absolute atomic E-state index is 11.5. The highest BCUT2D eigenvalue weighted by molar-refractivity contribution is 6.02. The Morgan fingerprint density at radius 1 is 1.05 bits per heavy atom. The highest BCUT2D eigenvalue weighted by Crippen LogP contribution is 2.37. The fraction of sp³-hybridized carbons (Fsp3) is 0.111. The predicted octanol–water partition coefficient (Wildman–Crippen LogP) is 3.87. The molecule has 0 aliphatic heterocycles. The number of ether oxygens (including phenoxy) is 1. The van der Waals surface area contributed by atoms with Crippen LogP contribution < -0.4 is 4.74 Å². The van der Waals surface area contributed by atoms with Crippen LogP contribution in [0.2, 0.25) is 0 Å². The molecule has 22 heavy (non-hydrogen) atoms. The molecule has 0 aliphatic rings. The molecule has 0 saturated carbocycles. The second kappa shape index (κ2) is 4.56. The zero-order valence-corrected chi connectivity index (χ0v) is 12.3. The number of esters is 1.